The van der Waals surface area contributed by atoms with Crippen LogP contribution in [0.5, 0.6) is 0 Å². The summed E-state index contributed by atoms with van der Waals surface area (Å²) in [6, 6.07) is 0. The highest BCUT2D eigenvalue weighted by atomic mass is 16.6. The maximum atomic E-state index is 12.9. The average Bonchev–Trinajstić information content (AvgIpc) is 3.42. The Balaban J connectivity index is 4.12. The number of carbonyl (C=O) groups is 3. The summed E-state index contributed by atoms with van der Waals surface area (Å²) in [5.74, 6) is -0.873. The molecule has 0 N–H and O–H groups in total. The molecule has 0 saturated carbocycles. The van der Waals surface area contributed by atoms with E-state index in [1.54, 1.807) is 0 Å². The summed E-state index contributed by atoms with van der Waals surface area (Å²) in [6.07, 6.45) is 81.4. The van der Waals surface area contributed by atoms with Gasteiger partial charge in [0.15, 0.2) is 6.10 Å². The van der Waals surface area contributed by atoms with E-state index in [4.69, 9.17) is 14.2 Å². The van der Waals surface area contributed by atoms with E-state index in [9.17, 15) is 14.4 Å². The van der Waals surface area contributed by atoms with E-state index < -0.39 is 6.10 Å². The lowest BCUT2D eigenvalue weighted by Gasteiger charge is -2.18. The first-order chi connectivity index (χ1) is 37.5. The third kappa shape index (κ3) is 62.2. The maximum Gasteiger partial charge on any atom is 0.306 e. The summed E-state index contributed by atoms with van der Waals surface area (Å²) in [4.78, 5) is 38.2. The summed E-state index contributed by atoms with van der Waals surface area (Å²) < 4.78 is 16.9. The molecule has 0 aromatic heterocycles. The zero-order valence-electron chi connectivity index (χ0n) is 51.0. The predicted octanol–water partition coefficient (Wildman–Crippen LogP) is 22.9. The van der Waals surface area contributed by atoms with Crippen LogP contribution in [0.25, 0.3) is 0 Å². The number of esters is 3. The Morgan fingerprint density at radius 2 is 0.474 bits per heavy atom. The highest BCUT2D eigenvalue weighted by Crippen LogP contribution is 2.17. The first-order valence-corrected chi connectivity index (χ1v) is 33.6. The van der Waals surface area contributed by atoms with Crippen LogP contribution in [0.1, 0.15) is 361 Å². The molecule has 0 aliphatic heterocycles. The maximum absolute atomic E-state index is 12.9. The van der Waals surface area contributed by atoms with Crippen LogP contribution in [0.3, 0.4) is 0 Å². The molecule has 6 nitrogen and oxygen atoms in total. The van der Waals surface area contributed by atoms with E-state index in [2.05, 4.69) is 69.4 Å². The van der Waals surface area contributed by atoms with Crippen LogP contribution in [-0.2, 0) is 28.6 Å². The lowest BCUT2D eigenvalue weighted by molar-refractivity contribution is -0.167. The van der Waals surface area contributed by atoms with E-state index in [0.29, 0.717) is 19.3 Å². The molecular formula is C70H128O6. The zero-order valence-corrected chi connectivity index (χ0v) is 51.0. The quantitative estimate of drug-likeness (QED) is 0.0261. The summed E-state index contributed by atoms with van der Waals surface area (Å²) in [6.45, 7) is 6.64. The van der Waals surface area contributed by atoms with Crippen molar-refractivity contribution in [1.82, 2.24) is 0 Å². The van der Waals surface area contributed by atoms with E-state index in [0.717, 1.165) is 77.0 Å². The summed E-state index contributed by atoms with van der Waals surface area (Å²) in [5, 5.41) is 0. The van der Waals surface area contributed by atoms with Crippen molar-refractivity contribution in [2.45, 2.75) is 367 Å². The SMILES string of the molecule is CCCCCC/C=C\CCCCCCCC(=O)OCC(COC(=O)CCCCCCCCCCCCCCCCCCCCC/C=C\C/C=C\CCCCCCC)OC(=O)CCCCCCC/C=C\CCCCCCC. The minimum absolute atomic E-state index is 0.0753. The van der Waals surface area contributed by atoms with Crippen LogP contribution >= 0.6 is 0 Å². The molecule has 0 aromatic carbocycles. The molecule has 0 spiro atoms. The van der Waals surface area contributed by atoms with Gasteiger partial charge in [-0.15, -0.1) is 0 Å². The molecule has 0 radical (unpaired) electrons. The monoisotopic (exact) mass is 1060 g/mol. The van der Waals surface area contributed by atoms with Crippen molar-refractivity contribution < 1.29 is 28.6 Å². The van der Waals surface area contributed by atoms with Gasteiger partial charge in [0.1, 0.15) is 13.2 Å². The minimum atomic E-state index is -0.779. The van der Waals surface area contributed by atoms with Crippen LogP contribution in [0.4, 0.5) is 0 Å². The van der Waals surface area contributed by atoms with Crippen molar-refractivity contribution in [1.29, 1.82) is 0 Å². The van der Waals surface area contributed by atoms with Gasteiger partial charge in [0.25, 0.3) is 0 Å². The van der Waals surface area contributed by atoms with Gasteiger partial charge in [0.05, 0.1) is 0 Å². The van der Waals surface area contributed by atoms with Gasteiger partial charge in [-0.05, 0) is 103 Å². The zero-order chi connectivity index (χ0) is 55.0. The standard InChI is InChI=1S/C70H128O6/c1-4-7-10-13-16-19-22-25-27-28-29-30-31-32-33-34-35-36-37-38-39-40-41-42-43-46-48-51-54-57-60-63-69(72)75-66-67(65-74-68(71)62-59-56-53-50-47-44-24-21-18-15-12-9-6-3)76-70(73)64-61-58-55-52-49-45-26-23-20-17-14-11-8-5-2/h21-26,28-29,67H,4-20,27,30-66H2,1-3H3/b24-21-,25-22-,26-23-,29-28-. The molecule has 6 heteroatoms. The Bertz CT molecular complexity index is 1310. The molecule has 0 fully saturated rings. The van der Waals surface area contributed by atoms with Gasteiger partial charge in [-0.2, -0.15) is 0 Å². The fraction of sp³-hybridized carbons (Fsp3) is 0.843. The number of unbranched alkanes of at least 4 members (excludes halogenated alkanes) is 43. The second-order valence-corrected chi connectivity index (χ2v) is 22.7. The average molecular weight is 1070 g/mol. The molecule has 1 unspecified atom stereocenters. The van der Waals surface area contributed by atoms with Crippen molar-refractivity contribution in [3.8, 4) is 0 Å². The van der Waals surface area contributed by atoms with Crippen molar-refractivity contribution in [3.05, 3.63) is 48.6 Å². The van der Waals surface area contributed by atoms with Crippen LogP contribution < -0.4 is 0 Å². The van der Waals surface area contributed by atoms with Gasteiger partial charge in [-0.25, -0.2) is 0 Å². The number of hydrogen-bond donors (Lipinski definition) is 0. The highest BCUT2D eigenvalue weighted by molar-refractivity contribution is 5.71. The Morgan fingerprint density at radius 1 is 0.263 bits per heavy atom. The number of ether oxygens (including phenoxy) is 3. The molecular weight excluding hydrogens is 937 g/mol. The number of rotatable bonds is 62. The van der Waals surface area contributed by atoms with Gasteiger partial charge < -0.3 is 14.2 Å². The van der Waals surface area contributed by atoms with E-state index in [1.807, 2.05) is 0 Å². The van der Waals surface area contributed by atoms with Crippen LogP contribution in [0.15, 0.2) is 48.6 Å². The third-order valence-corrected chi connectivity index (χ3v) is 15.0. The topological polar surface area (TPSA) is 78.9 Å². The van der Waals surface area contributed by atoms with Crippen molar-refractivity contribution in [2.24, 2.45) is 0 Å². The van der Waals surface area contributed by atoms with Gasteiger partial charge in [-0.3, -0.25) is 14.4 Å². The Hall–Kier alpha value is -2.63. The minimum Gasteiger partial charge on any atom is -0.462 e. The van der Waals surface area contributed by atoms with Crippen molar-refractivity contribution in [3.63, 3.8) is 0 Å². The lowest BCUT2D eigenvalue weighted by atomic mass is 10.0. The van der Waals surface area contributed by atoms with Crippen LogP contribution in [-0.4, -0.2) is 37.2 Å². The number of allylic oxidation sites excluding steroid dienone is 8. The summed E-state index contributed by atoms with van der Waals surface area (Å²) in [7, 11) is 0. The molecule has 444 valence electrons. The number of hydrogen-bond acceptors (Lipinski definition) is 6. The fourth-order valence-corrected chi connectivity index (χ4v) is 9.94. The predicted molar refractivity (Wildman–Crippen MR) is 330 cm³/mol. The molecule has 0 aliphatic carbocycles. The Morgan fingerprint density at radius 3 is 0.750 bits per heavy atom. The second kappa shape index (κ2) is 64.9. The summed E-state index contributed by atoms with van der Waals surface area (Å²) >= 11 is 0. The van der Waals surface area contributed by atoms with Gasteiger partial charge in [-0.1, -0.05) is 288 Å². The normalized spacial score (nSPS) is 12.3. The van der Waals surface area contributed by atoms with Crippen LogP contribution in [0.2, 0.25) is 0 Å². The summed E-state index contributed by atoms with van der Waals surface area (Å²) in [5.41, 5.74) is 0. The fourth-order valence-electron chi connectivity index (χ4n) is 9.94. The van der Waals surface area contributed by atoms with Crippen molar-refractivity contribution in [2.75, 3.05) is 13.2 Å². The highest BCUT2D eigenvalue weighted by Gasteiger charge is 2.19. The third-order valence-electron chi connectivity index (χ3n) is 15.0. The van der Waals surface area contributed by atoms with Gasteiger partial charge in [0.2, 0.25) is 0 Å². The van der Waals surface area contributed by atoms with Gasteiger partial charge >= 0.3 is 17.9 Å². The Labute approximate surface area is 473 Å². The molecule has 0 rings (SSSR count). The molecule has 0 saturated heterocycles. The molecule has 76 heavy (non-hydrogen) atoms. The molecule has 0 bridgehead atoms. The van der Waals surface area contributed by atoms with E-state index in [-0.39, 0.29) is 31.1 Å². The molecule has 1 atom stereocenters. The largest absolute Gasteiger partial charge is 0.462 e. The van der Waals surface area contributed by atoms with E-state index in [1.165, 1.54) is 244 Å². The molecule has 0 aliphatic rings. The molecule has 0 amide bonds. The second-order valence-electron chi connectivity index (χ2n) is 22.7. The van der Waals surface area contributed by atoms with Crippen molar-refractivity contribution >= 4 is 17.9 Å². The number of carbonyl (C=O) groups excluding carboxylic acids is 3. The Kier molecular flexibility index (Phi) is 62.6. The lowest BCUT2D eigenvalue weighted by Crippen LogP contribution is -2.30. The first-order valence-electron chi connectivity index (χ1n) is 33.6. The van der Waals surface area contributed by atoms with Gasteiger partial charge in [0, 0.05) is 19.3 Å². The smallest absolute Gasteiger partial charge is 0.306 e. The molecule has 0 aromatic rings. The molecule has 0 heterocycles. The van der Waals surface area contributed by atoms with Crippen LogP contribution in [0, 0.1) is 0 Å². The first kappa shape index (κ1) is 73.4. The van der Waals surface area contributed by atoms with E-state index >= 15 is 0 Å².